The molecule has 3 unspecified atom stereocenters. The minimum absolute atomic E-state index is 0. The van der Waals surface area contributed by atoms with Crippen LogP contribution in [0.25, 0.3) is 0 Å². The van der Waals surface area contributed by atoms with Gasteiger partial charge in [0.2, 0.25) is 0 Å². The van der Waals surface area contributed by atoms with Crippen LogP contribution in [0.2, 0.25) is 0 Å². The molecule has 0 bridgehead atoms. The van der Waals surface area contributed by atoms with Gasteiger partial charge < -0.3 is 0 Å². The Morgan fingerprint density at radius 3 is 1.66 bits per heavy atom. The summed E-state index contributed by atoms with van der Waals surface area (Å²) < 4.78 is 5.68. The fraction of sp³-hybridized carbons (Fsp3) is 0.724. The smallest absolute Gasteiger partial charge is 0.0425 e. The van der Waals surface area contributed by atoms with E-state index in [4.69, 9.17) is 4.74 Å². The van der Waals surface area contributed by atoms with Crippen LogP contribution in [0.4, 0.5) is 0 Å². The second kappa shape index (κ2) is 21.4. The fourth-order valence-electron chi connectivity index (χ4n) is 4.68. The van der Waals surface area contributed by atoms with Crippen molar-refractivity contribution in [1.29, 1.82) is 0 Å². The third-order valence-electron chi connectivity index (χ3n) is 6.61. The Morgan fingerprint density at radius 2 is 1.38 bits per heavy atom. The van der Waals surface area contributed by atoms with Gasteiger partial charge in [0.15, 0.2) is 0 Å². The van der Waals surface area contributed by atoms with Crippen molar-refractivity contribution in [2.45, 2.75) is 136 Å². The van der Waals surface area contributed by atoms with Crippen molar-refractivity contribution >= 4 is 7.05 Å². The predicted octanol–water partition coefficient (Wildman–Crippen LogP) is 10.9. The second-order valence-corrected chi connectivity index (χ2v) is 13.7. The summed E-state index contributed by atoms with van der Waals surface area (Å²) in [6.45, 7) is 20.2. The van der Waals surface area contributed by atoms with Gasteiger partial charge in [0, 0.05) is 33.8 Å². The molecule has 0 aromatic heterocycles. The Morgan fingerprint density at radius 1 is 0.906 bits per heavy atom. The Kier molecular flexibility index (Phi) is 22.8. The van der Waals surface area contributed by atoms with E-state index in [1.807, 2.05) is 6.08 Å². The first kappa shape index (κ1) is 34.1. The largest absolute Gasteiger partial charge is 0.271 e. The monoisotopic (exact) mass is 495 g/mol. The molecule has 0 aliphatic heterocycles. The normalized spacial score (nSPS) is 17.4. The predicted molar refractivity (Wildman–Crippen MR) is 148 cm³/mol. The molecule has 1 aliphatic carbocycles. The van der Waals surface area contributed by atoms with Gasteiger partial charge in [-0.3, -0.25) is 4.74 Å². The summed E-state index contributed by atoms with van der Waals surface area (Å²) in [5, 5.41) is 0. The fourth-order valence-corrected chi connectivity index (χ4v) is 10.3. The summed E-state index contributed by atoms with van der Waals surface area (Å²) in [5.41, 5.74) is 3.68. The van der Waals surface area contributed by atoms with E-state index >= 15 is 0 Å². The molecule has 0 aromatic rings. The van der Waals surface area contributed by atoms with Crippen LogP contribution in [0.5, 0.6) is 0 Å². The Hall–Kier alpha value is -0.0957. The van der Waals surface area contributed by atoms with E-state index < -0.39 is 7.05 Å². The standard InChI is InChI=1S/C23H44NP.C6H10.Ti/c1-7-10-15-20(4)25(21(5)16-11-8-2,22(6)17-12-9-3)24-23-18-13-14-19-23;1-3-5-6-4-2;/h13-14,18,20-22H,7-12,15-17,19H2,1-6H3;3,5-6H,1,4H2,2H3;. The zero-order valence-electron chi connectivity index (χ0n) is 22.6. The Bertz CT molecular complexity index is 559. The van der Waals surface area contributed by atoms with Crippen molar-refractivity contribution in [3.05, 3.63) is 48.7 Å². The first-order chi connectivity index (χ1) is 14.9. The van der Waals surface area contributed by atoms with Gasteiger partial charge in [-0.2, -0.15) is 0 Å². The molecule has 0 spiro atoms. The zero-order chi connectivity index (χ0) is 23.5. The third-order valence-corrected chi connectivity index (χ3v) is 12.2. The molecule has 3 heteroatoms. The molecule has 3 atom stereocenters. The summed E-state index contributed by atoms with van der Waals surface area (Å²) in [6, 6.07) is 0. The first-order valence-corrected chi connectivity index (χ1v) is 15.1. The molecule has 184 valence electrons. The topological polar surface area (TPSA) is 12.4 Å². The van der Waals surface area contributed by atoms with Gasteiger partial charge in [0.1, 0.15) is 0 Å². The number of unbranched alkanes of at least 4 members (excludes halogenated alkanes) is 3. The summed E-state index contributed by atoms with van der Waals surface area (Å²) in [7, 11) is -1.39. The zero-order valence-corrected chi connectivity index (χ0v) is 25.0. The maximum absolute atomic E-state index is 5.68. The number of rotatable bonds is 15. The summed E-state index contributed by atoms with van der Waals surface area (Å²) >= 11 is 0. The Labute approximate surface area is 217 Å². The van der Waals surface area contributed by atoms with E-state index in [2.05, 4.69) is 79.3 Å². The molecule has 0 radical (unpaired) electrons. The number of hydrogen-bond donors (Lipinski definition) is 0. The van der Waals surface area contributed by atoms with Gasteiger partial charge in [-0.05, 0) is 55.8 Å². The molecule has 0 aromatic carbocycles. The van der Waals surface area contributed by atoms with Crippen molar-refractivity contribution in [1.82, 2.24) is 0 Å². The van der Waals surface area contributed by atoms with Gasteiger partial charge in [0.05, 0.1) is 0 Å². The van der Waals surface area contributed by atoms with Gasteiger partial charge in [0.25, 0.3) is 0 Å². The van der Waals surface area contributed by atoms with E-state index in [0.29, 0.717) is 0 Å². The Balaban J connectivity index is 0. The maximum Gasteiger partial charge on any atom is 0.0425 e. The molecule has 1 nitrogen and oxygen atoms in total. The SMILES string of the molecule is C=CC=CCC.CCCCC(C)P(=NC1=CC=CC1)(C(C)CCCC)C(C)CCCC.[Ti]. The van der Waals surface area contributed by atoms with Crippen molar-refractivity contribution in [3.63, 3.8) is 0 Å². The van der Waals surface area contributed by atoms with Crippen LogP contribution in [0.15, 0.2) is 53.5 Å². The molecular weight excluding hydrogens is 441 g/mol. The molecule has 0 amide bonds. The van der Waals surface area contributed by atoms with Crippen LogP contribution in [-0.2, 0) is 21.7 Å². The average Bonchev–Trinajstić information content (AvgIpc) is 3.29. The van der Waals surface area contributed by atoms with Gasteiger partial charge in [-0.15, -0.1) is 0 Å². The van der Waals surface area contributed by atoms with Crippen LogP contribution in [0.3, 0.4) is 0 Å². The number of hydrogen-bond acceptors (Lipinski definition) is 1. The van der Waals surface area contributed by atoms with Crippen LogP contribution < -0.4 is 0 Å². The third kappa shape index (κ3) is 12.4. The van der Waals surface area contributed by atoms with E-state index in [9.17, 15) is 0 Å². The molecule has 0 fully saturated rings. The van der Waals surface area contributed by atoms with E-state index in [-0.39, 0.29) is 21.7 Å². The van der Waals surface area contributed by atoms with E-state index in [0.717, 1.165) is 29.8 Å². The molecular formula is C29H54NPTi. The van der Waals surface area contributed by atoms with Crippen LogP contribution in [-0.4, -0.2) is 17.0 Å². The molecule has 32 heavy (non-hydrogen) atoms. The van der Waals surface area contributed by atoms with Crippen molar-refractivity contribution in [3.8, 4) is 0 Å². The van der Waals surface area contributed by atoms with Crippen LogP contribution >= 0.6 is 7.05 Å². The van der Waals surface area contributed by atoms with Crippen molar-refractivity contribution in [2.75, 3.05) is 0 Å². The molecule has 0 saturated heterocycles. The van der Waals surface area contributed by atoms with Gasteiger partial charge in [-0.1, -0.05) is 124 Å². The molecule has 0 heterocycles. The van der Waals surface area contributed by atoms with E-state index in [1.54, 1.807) is 6.08 Å². The number of nitrogens with zero attached hydrogens (tertiary/aromatic N) is 1. The number of allylic oxidation sites excluding steroid dienone is 6. The quantitative estimate of drug-likeness (QED) is 0.122. The summed E-state index contributed by atoms with van der Waals surface area (Å²) in [5.74, 6) is 0. The summed E-state index contributed by atoms with van der Waals surface area (Å²) in [4.78, 5) is 0. The maximum atomic E-state index is 5.68. The second-order valence-electron chi connectivity index (χ2n) is 9.23. The summed E-state index contributed by atoms with van der Waals surface area (Å²) in [6.07, 6.45) is 26.8. The molecule has 1 rings (SSSR count). The van der Waals surface area contributed by atoms with Crippen LogP contribution in [0.1, 0.15) is 119 Å². The minimum atomic E-state index is -1.39. The van der Waals surface area contributed by atoms with Gasteiger partial charge >= 0.3 is 0 Å². The molecule has 1 aliphatic rings. The van der Waals surface area contributed by atoms with Crippen molar-refractivity contribution < 1.29 is 21.7 Å². The minimum Gasteiger partial charge on any atom is -0.271 e. The van der Waals surface area contributed by atoms with Crippen LogP contribution in [0, 0.1) is 0 Å². The molecule has 0 N–H and O–H groups in total. The first-order valence-electron chi connectivity index (χ1n) is 13.2. The van der Waals surface area contributed by atoms with E-state index in [1.165, 1.54) is 63.5 Å². The molecule has 0 saturated carbocycles. The average molecular weight is 496 g/mol. The van der Waals surface area contributed by atoms with Crippen molar-refractivity contribution in [2.24, 2.45) is 4.74 Å². The van der Waals surface area contributed by atoms with Gasteiger partial charge in [-0.25, -0.2) is 0 Å².